The van der Waals surface area contributed by atoms with Gasteiger partial charge in [0.05, 0.1) is 6.61 Å². The first-order valence-electron chi connectivity index (χ1n) is 8.99. The maximum atomic E-state index is 12.9. The number of nitrogens with zero attached hydrogens (tertiary/aromatic N) is 1. The monoisotopic (exact) mass is 338 g/mol. The summed E-state index contributed by atoms with van der Waals surface area (Å²) in [7, 11) is 0. The number of aromatic amines is 1. The molecular weight excluding hydrogens is 315 g/mol. The molecule has 0 unspecified atom stereocenters. The predicted molar refractivity (Wildman–Crippen MR) is 98.4 cm³/mol. The van der Waals surface area contributed by atoms with Crippen LogP contribution >= 0.6 is 0 Å². The summed E-state index contributed by atoms with van der Waals surface area (Å²) in [5.74, 6) is 0.511. The topological polar surface area (TPSA) is 28.3 Å². The van der Waals surface area contributed by atoms with Crippen LogP contribution < -0.4 is 4.74 Å². The lowest BCUT2D eigenvalue weighted by atomic mass is 10.0. The zero-order chi connectivity index (χ0) is 17.1. The lowest BCUT2D eigenvalue weighted by molar-refractivity contribution is 0.235. The zero-order valence-corrected chi connectivity index (χ0v) is 14.3. The molecule has 2 aromatic carbocycles. The van der Waals surface area contributed by atoms with Crippen LogP contribution in [0.15, 0.2) is 48.5 Å². The fourth-order valence-electron chi connectivity index (χ4n) is 3.57. The van der Waals surface area contributed by atoms with Gasteiger partial charge in [0.1, 0.15) is 11.6 Å². The molecule has 1 aromatic heterocycles. The lowest BCUT2D eigenvalue weighted by Crippen LogP contribution is -2.31. The van der Waals surface area contributed by atoms with Crippen molar-refractivity contribution in [2.75, 3.05) is 19.7 Å². The summed E-state index contributed by atoms with van der Waals surface area (Å²) in [4.78, 5) is 6.09. The van der Waals surface area contributed by atoms with Gasteiger partial charge in [-0.15, -0.1) is 0 Å². The fourth-order valence-corrected chi connectivity index (χ4v) is 3.57. The van der Waals surface area contributed by atoms with Crippen molar-refractivity contribution in [3.05, 3.63) is 65.6 Å². The Hall–Kier alpha value is -2.33. The van der Waals surface area contributed by atoms with Gasteiger partial charge < -0.3 is 9.72 Å². The van der Waals surface area contributed by atoms with E-state index < -0.39 is 0 Å². The van der Waals surface area contributed by atoms with Crippen LogP contribution in [0, 0.1) is 5.82 Å². The Morgan fingerprint density at radius 3 is 2.76 bits per heavy atom. The van der Waals surface area contributed by atoms with Crippen LogP contribution in [-0.4, -0.2) is 29.6 Å². The second kappa shape index (κ2) is 7.28. The molecule has 0 aliphatic carbocycles. The molecule has 3 aromatic rings. The normalized spacial score (nSPS) is 14.6. The Balaban J connectivity index is 1.25. The number of hydrogen-bond acceptors (Lipinski definition) is 2. The molecule has 25 heavy (non-hydrogen) atoms. The predicted octanol–water partition coefficient (Wildman–Crippen LogP) is 4.52. The maximum Gasteiger partial charge on any atom is 0.123 e. The third-order valence-electron chi connectivity index (χ3n) is 4.91. The maximum absolute atomic E-state index is 12.9. The zero-order valence-electron chi connectivity index (χ0n) is 14.3. The number of rotatable bonds is 6. The highest BCUT2D eigenvalue weighted by molar-refractivity contribution is 5.84. The van der Waals surface area contributed by atoms with Gasteiger partial charge in [-0.3, -0.25) is 4.90 Å². The van der Waals surface area contributed by atoms with Crippen molar-refractivity contribution in [3.63, 3.8) is 0 Å². The highest BCUT2D eigenvalue weighted by Gasteiger charge is 2.19. The minimum Gasteiger partial charge on any atom is -0.494 e. The Bertz CT molecular complexity index is 841. The number of hydrogen-bond donors (Lipinski definition) is 1. The Morgan fingerprint density at radius 1 is 1.04 bits per heavy atom. The van der Waals surface area contributed by atoms with Crippen molar-refractivity contribution >= 4 is 10.9 Å². The van der Waals surface area contributed by atoms with Crippen LogP contribution in [0.4, 0.5) is 4.39 Å². The molecule has 0 bridgehead atoms. The average Bonchev–Trinajstić information content (AvgIpc) is 3.01. The van der Waals surface area contributed by atoms with Crippen LogP contribution in [-0.2, 0) is 13.0 Å². The van der Waals surface area contributed by atoms with E-state index in [0.717, 1.165) is 44.6 Å². The van der Waals surface area contributed by atoms with Gasteiger partial charge in [-0.2, -0.15) is 0 Å². The van der Waals surface area contributed by atoms with E-state index in [9.17, 15) is 4.39 Å². The number of ether oxygens (including phenoxy) is 1. The molecule has 0 fully saturated rings. The molecule has 0 spiro atoms. The summed E-state index contributed by atoms with van der Waals surface area (Å²) in [5, 5.41) is 1.36. The van der Waals surface area contributed by atoms with Crippen molar-refractivity contribution in [2.24, 2.45) is 0 Å². The molecule has 0 saturated carbocycles. The summed E-state index contributed by atoms with van der Waals surface area (Å²) in [6, 6.07) is 14.8. The molecule has 0 atom stereocenters. The number of para-hydroxylation sites is 1. The fraction of sp³-hybridized carbons (Fsp3) is 0.333. The average molecular weight is 338 g/mol. The highest BCUT2D eigenvalue weighted by atomic mass is 19.1. The molecule has 0 saturated heterocycles. The quantitative estimate of drug-likeness (QED) is 0.669. The minimum absolute atomic E-state index is 0.228. The number of fused-ring (bicyclic) bond motifs is 3. The molecule has 2 heterocycles. The van der Waals surface area contributed by atoms with E-state index in [1.54, 1.807) is 12.1 Å². The number of benzene rings is 2. The van der Waals surface area contributed by atoms with E-state index in [0.29, 0.717) is 6.61 Å². The van der Waals surface area contributed by atoms with Crippen LogP contribution in [0.1, 0.15) is 24.1 Å². The molecule has 1 aliphatic rings. The van der Waals surface area contributed by atoms with Gasteiger partial charge in [0.15, 0.2) is 0 Å². The van der Waals surface area contributed by atoms with Gasteiger partial charge in [0.25, 0.3) is 0 Å². The summed E-state index contributed by atoms with van der Waals surface area (Å²) in [5.41, 5.74) is 4.11. The molecular formula is C21H23FN2O. The van der Waals surface area contributed by atoms with E-state index in [1.165, 1.54) is 34.3 Å². The largest absolute Gasteiger partial charge is 0.494 e. The number of unbranched alkanes of at least 4 members (excludes halogenated alkanes) is 1. The van der Waals surface area contributed by atoms with E-state index >= 15 is 0 Å². The van der Waals surface area contributed by atoms with E-state index in [4.69, 9.17) is 4.74 Å². The van der Waals surface area contributed by atoms with Gasteiger partial charge in [0.2, 0.25) is 0 Å². The van der Waals surface area contributed by atoms with E-state index in [1.807, 2.05) is 0 Å². The van der Waals surface area contributed by atoms with Crippen LogP contribution in [0.25, 0.3) is 10.9 Å². The Morgan fingerprint density at radius 2 is 1.88 bits per heavy atom. The SMILES string of the molecule is Fc1ccc(OCCCCN2CCc3[nH]c4ccccc4c3C2)cc1. The molecule has 4 heteroatoms. The van der Waals surface area contributed by atoms with Crippen LogP contribution in [0.3, 0.4) is 0 Å². The molecule has 4 rings (SSSR count). The molecule has 0 radical (unpaired) electrons. The van der Waals surface area contributed by atoms with Gasteiger partial charge in [-0.05, 0) is 55.3 Å². The Kier molecular flexibility index (Phi) is 4.70. The van der Waals surface area contributed by atoms with Crippen molar-refractivity contribution in [3.8, 4) is 5.75 Å². The van der Waals surface area contributed by atoms with Crippen molar-refractivity contribution in [1.82, 2.24) is 9.88 Å². The molecule has 130 valence electrons. The van der Waals surface area contributed by atoms with Crippen molar-refractivity contribution in [2.45, 2.75) is 25.8 Å². The first kappa shape index (κ1) is 16.2. The second-order valence-corrected chi connectivity index (χ2v) is 6.66. The lowest BCUT2D eigenvalue weighted by Gasteiger charge is -2.27. The van der Waals surface area contributed by atoms with Gasteiger partial charge in [0, 0.05) is 36.1 Å². The van der Waals surface area contributed by atoms with Crippen LogP contribution in [0.5, 0.6) is 5.75 Å². The smallest absolute Gasteiger partial charge is 0.123 e. The number of nitrogens with one attached hydrogen (secondary N) is 1. The molecule has 3 nitrogen and oxygen atoms in total. The summed E-state index contributed by atoms with van der Waals surface area (Å²) < 4.78 is 18.5. The molecule has 1 aliphatic heterocycles. The van der Waals surface area contributed by atoms with Crippen molar-refractivity contribution in [1.29, 1.82) is 0 Å². The van der Waals surface area contributed by atoms with E-state index in [-0.39, 0.29) is 5.82 Å². The van der Waals surface area contributed by atoms with E-state index in [2.05, 4.69) is 34.1 Å². The van der Waals surface area contributed by atoms with Crippen LogP contribution in [0.2, 0.25) is 0 Å². The highest BCUT2D eigenvalue weighted by Crippen LogP contribution is 2.27. The standard InChI is InChI=1S/C21H23FN2O/c22-16-7-9-17(10-8-16)25-14-4-3-12-24-13-11-21-19(15-24)18-5-1-2-6-20(18)23-21/h1-2,5-10,23H,3-4,11-15H2. The van der Waals surface area contributed by atoms with Gasteiger partial charge in [-0.25, -0.2) is 4.39 Å². The molecule has 0 amide bonds. The van der Waals surface area contributed by atoms with Gasteiger partial charge in [-0.1, -0.05) is 18.2 Å². The summed E-state index contributed by atoms with van der Waals surface area (Å²) in [6.07, 6.45) is 3.21. The van der Waals surface area contributed by atoms with Crippen molar-refractivity contribution < 1.29 is 9.13 Å². The minimum atomic E-state index is -0.228. The summed E-state index contributed by atoms with van der Waals surface area (Å²) in [6.45, 7) is 3.90. The number of halogens is 1. The first-order valence-corrected chi connectivity index (χ1v) is 8.99. The third kappa shape index (κ3) is 3.69. The third-order valence-corrected chi connectivity index (χ3v) is 4.91. The number of H-pyrrole nitrogens is 1. The Labute approximate surface area is 147 Å². The second-order valence-electron chi connectivity index (χ2n) is 6.66. The summed E-state index contributed by atoms with van der Waals surface area (Å²) >= 11 is 0. The van der Waals surface area contributed by atoms with Gasteiger partial charge >= 0.3 is 0 Å². The first-order chi connectivity index (χ1) is 12.3. The molecule has 1 N–H and O–H groups in total. The number of aromatic nitrogens is 1.